The minimum atomic E-state index is 0.435. The standard InChI is InChI=1S/C8H4Br2ClN/c9-7-5(3-11)1-2-6(4-12)8(7)10/h1-2H,3H2. The van der Waals surface area contributed by atoms with Crippen molar-refractivity contribution in [3.8, 4) is 6.07 Å². The molecule has 1 nitrogen and oxygen atoms in total. The van der Waals surface area contributed by atoms with Crippen molar-refractivity contribution in [3.63, 3.8) is 0 Å². The molecule has 0 spiro atoms. The van der Waals surface area contributed by atoms with E-state index in [2.05, 4.69) is 37.9 Å². The van der Waals surface area contributed by atoms with Gasteiger partial charge in [-0.1, -0.05) is 6.07 Å². The fourth-order valence-corrected chi connectivity index (χ4v) is 2.12. The van der Waals surface area contributed by atoms with Crippen LogP contribution in [0.5, 0.6) is 0 Å². The first kappa shape index (κ1) is 10.0. The number of nitrogens with zero attached hydrogens (tertiary/aromatic N) is 1. The molecule has 0 aliphatic rings. The quantitative estimate of drug-likeness (QED) is 0.723. The third-order valence-electron chi connectivity index (χ3n) is 1.43. The number of hydrogen-bond donors (Lipinski definition) is 0. The summed E-state index contributed by atoms with van der Waals surface area (Å²) in [5.74, 6) is 0.435. The van der Waals surface area contributed by atoms with Crippen LogP contribution in [-0.4, -0.2) is 0 Å². The molecule has 0 saturated heterocycles. The van der Waals surface area contributed by atoms with Crippen molar-refractivity contribution < 1.29 is 0 Å². The van der Waals surface area contributed by atoms with Crippen LogP contribution in [0, 0.1) is 11.3 Å². The number of rotatable bonds is 1. The van der Waals surface area contributed by atoms with E-state index in [4.69, 9.17) is 16.9 Å². The van der Waals surface area contributed by atoms with Crippen molar-refractivity contribution in [1.82, 2.24) is 0 Å². The zero-order valence-electron chi connectivity index (χ0n) is 5.94. The molecule has 0 amide bonds. The summed E-state index contributed by atoms with van der Waals surface area (Å²) >= 11 is 12.3. The Labute approximate surface area is 92.6 Å². The third-order valence-corrected chi connectivity index (χ3v) is 3.98. The van der Waals surface area contributed by atoms with Crippen LogP contribution in [0.2, 0.25) is 0 Å². The molecule has 0 aliphatic carbocycles. The molecule has 0 fully saturated rings. The number of hydrogen-bond acceptors (Lipinski definition) is 1. The Morgan fingerprint density at radius 1 is 1.33 bits per heavy atom. The molecule has 0 radical (unpaired) electrons. The summed E-state index contributed by atoms with van der Waals surface area (Å²) in [4.78, 5) is 0. The maximum atomic E-state index is 8.67. The van der Waals surface area contributed by atoms with Crippen LogP contribution in [0.3, 0.4) is 0 Å². The zero-order valence-corrected chi connectivity index (χ0v) is 9.87. The molecule has 0 heterocycles. The summed E-state index contributed by atoms with van der Waals surface area (Å²) < 4.78 is 1.62. The molecule has 0 atom stereocenters. The molecule has 0 aromatic heterocycles. The SMILES string of the molecule is N#Cc1ccc(CCl)c(Br)c1Br. The molecular formula is C8H4Br2ClN. The highest BCUT2D eigenvalue weighted by Crippen LogP contribution is 2.30. The van der Waals surface area contributed by atoms with Crippen LogP contribution in [-0.2, 0) is 5.88 Å². The third kappa shape index (κ3) is 1.82. The average Bonchev–Trinajstić information content (AvgIpc) is 2.10. The van der Waals surface area contributed by atoms with Gasteiger partial charge >= 0.3 is 0 Å². The first-order chi connectivity index (χ1) is 5.70. The summed E-state index contributed by atoms with van der Waals surface area (Å²) in [7, 11) is 0. The summed E-state index contributed by atoms with van der Waals surface area (Å²) in [5.41, 5.74) is 1.58. The molecule has 0 aliphatic heterocycles. The van der Waals surface area contributed by atoms with E-state index in [1.165, 1.54) is 0 Å². The Balaban J connectivity index is 3.32. The molecule has 12 heavy (non-hydrogen) atoms. The second kappa shape index (κ2) is 4.27. The van der Waals surface area contributed by atoms with E-state index >= 15 is 0 Å². The highest BCUT2D eigenvalue weighted by Gasteiger charge is 2.07. The van der Waals surface area contributed by atoms with Crippen LogP contribution in [0.1, 0.15) is 11.1 Å². The lowest BCUT2D eigenvalue weighted by atomic mass is 10.2. The van der Waals surface area contributed by atoms with Gasteiger partial charge in [-0.15, -0.1) is 11.6 Å². The van der Waals surface area contributed by atoms with Crippen molar-refractivity contribution in [2.75, 3.05) is 0 Å². The van der Waals surface area contributed by atoms with Crippen molar-refractivity contribution in [2.45, 2.75) is 5.88 Å². The van der Waals surface area contributed by atoms with Gasteiger partial charge in [0.15, 0.2) is 0 Å². The first-order valence-electron chi connectivity index (χ1n) is 3.13. The molecule has 1 rings (SSSR count). The van der Waals surface area contributed by atoms with Gasteiger partial charge in [-0.2, -0.15) is 5.26 Å². The Morgan fingerprint density at radius 3 is 2.50 bits per heavy atom. The maximum absolute atomic E-state index is 8.67. The van der Waals surface area contributed by atoms with E-state index in [-0.39, 0.29) is 0 Å². The van der Waals surface area contributed by atoms with Gasteiger partial charge in [-0.05, 0) is 43.5 Å². The predicted octanol–water partition coefficient (Wildman–Crippen LogP) is 3.82. The lowest BCUT2D eigenvalue weighted by Crippen LogP contribution is -1.85. The molecule has 4 heteroatoms. The maximum Gasteiger partial charge on any atom is 0.100 e. The van der Waals surface area contributed by atoms with E-state index in [1.807, 2.05) is 6.07 Å². The lowest BCUT2D eigenvalue weighted by molar-refractivity contribution is 1.33. The molecule has 0 N–H and O–H groups in total. The normalized spacial score (nSPS) is 9.50. The molecule has 0 bridgehead atoms. The van der Waals surface area contributed by atoms with E-state index in [1.54, 1.807) is 6.07 Å². The largest absolute Gasteiger partial charge is 0.192 e. The van der Waals surface area contributed by atoms with Gasteiger partial charge in [0.1, 0.15) is 6.07 Å². The minimum absolute atomic E-state index is 0.435. The number of nitriles is 1. The average molecular weight is 309 g/mol. The van der Waals surface area contributed by atoms with Crippen LogP contribution < -0.4 is 0 Å². The molecule has 0 saturated carbocycles. The fraction of sp³-hybridized carbons (Fsp3) is 0.125. The lowest BCUT2D eigenvalue weighted by Gasteiger charge is -2.03. The Morgan fingerprint density at radius 2 is 2.00 bits per heavy atom. The van der Waals surface area contributed by atoms with Crippen molar-refractivity contribution in [3.05, 3.63) is 32.2 Å². The van der Waals surface area contributed by atoms with Crippen LogP contribution in [0.15, 0.2) is 21.1 Å². The Bertz CT molecular complexity index is 344. The summed E-state index contributed by atoms with van der Waals surface area (Å²) in [6, 6.07) is 5.64. The van der Waals surface area contributed by atoms with Crippen molar-refractivity contribution in [1.29, 1.82) is 5.26 Å². The monoisotopic (exact) mass is 307 g/mol. The van der Waals surface area contributed by atoms with Crippen LogP contribution in [0.4, 0.5) is 0 Å². The smallest absolute Gasteiger partial charge is 0.100 e. The summed E-state index contributed by atoms with van der Waals surface area (Å²) in [6.45, 7) is 0. The van der Waals surface area contributed by atoms with Crippen molar-refractivity contribution >= 4 is 43.5 Å². The van der Waals surface area contributed by atoms with Crippen LogP contribution >= 0.6 is 43.5 Å². The highest BCUT2D eigenvalue weighted by molar-refractivity contribution is 9.13. The zero-order chi connectivity index (χ0) is 9.14. The number of benzene rings is 1. The molecule has 0 unspecified atom stereocenters. The molecule has 1 aromatic carbocycles. The van der Waals surface area contributed by atoms with Crippen molar-refractivity contribution in [2.24, 2.45) is 0 Å². The second-order valence-corrected chi connectivity index (χ2v) is 4.00. The minimum Gasteiger partial charge on any atom is -0.192 e. The van der Waals surface area contributed by atoms with Gasteiger partial charge in [-0.3, -0.25) is 0 Å². The van der Waals surface area contributed by atoms with Gasteiger partial charge in [0.25, 0.3) is 0 Å². The van der Waals surface area contributed by atoms with Gasteiger partial charge in [-0.25, -0.2) is 0 Å². The highest BCUT2D eigenvalue weighted by atomic mass is 79.9. The van der Waals surface area contributed by atoms with E-state index < -0.39 is 0 Å². The molecular weight excluding hydrogens is 305 g/mol. The van der Waals surface area contributed by atoms with Crippen LogP contribution in [0.25, 0.3) is 0 Å². The van der Waals surface area contributed by atoms with E-state index in [0.717, 1.165) is 14.5 Å². The van der Waals surface area contributed by atoms with E-state index in [0.29, 0.717) is 11.4 Å². The van der Waals surface area contributed by atoms with E-state index in [9.17, 15) is 0 Å². The second-order valence-electron chi connectivity index (χ2n) is 2.15. The van der Waals surface area contributed by atoms with Gasteiger partial charge in [0.2, 0.25) is 0 Å². The number of halogens is 3. The topological polar surface area (TPSA) is 23.8 Å². The predicted molar refractivity (Wildman–Crippen MR) is 56.1 cm³/mol. The summed E-state index contributed by atoms with van der Waals surface area (Å²) in [5, 5.41) is 8.67. The van der Waals surface area contributed by atoms with Gasteiger partial charge in [0, 0.05) is 14.8 Å². The first-order valence-corrected chi connectivity index (χ1v) is 5.25. The van der Waals surface area contributed by atoms with Gasteiger partial charge < -0.3 is 0 Å². The molecule has 62 valence electrons. The fourth-order valence-electron chi connectivity index (χ4n) is 0.779. The summed E-state index contributed by atoms with van der Waals surface area (Å²) in [6.07, 6.45) is 0. The van der Waals surface area contributed by atoms with Gasteiger partial charge in [0.05, 0.1) is 5.56 Å². The number of alkyl halides is 1. The Hall–Kier alpha value is -0.0400. The molecule has 1 aromatic rings. The Kier molecular flexibility index (Phi) is 3.57.